The standard InChI is InChI=1S/C21H13F5O4S2/c22-20(23,24)19(21(25,26)32(27,28)29)30-13-6-5-7-14(12-13)31-17-10-3-1-8-15(17)16-9-2-4-11-18(16)31/h1-12,19H. The molecule has 4 nitrogen and oxygen atoms in total. The second-order valence-electron chi connectivity index (χ2n) is 6.83. The second-order valence-corrected chi connectivity index (χ2v) is 10.2. The third-order valence-corrected chi connectivity index (χ3v) is 7.93. The zero-order valence-electron chi connectivity index (χ0n) is 15.8. The molecular formula is C21H13F5O4S2. The van der Waals surface area contributed by atoms with E-state index in [1.807, 2.05) is 48.5 Å². The quantitative estimate of drug-likeness (QED) is 0.191. The summed E-state index contributed by atoms with van der Waals surface area (Å²) in [4.78, 5) is 0.481. The fourth-order valence-corrected chi connectivity index (χ4v) is 6.24. The highest BCUT2D eigenvalue weighted by Crippen LogP contribution is 2.49. The highest BCUT2D eigenvalue weighted by atomic mass is 32.2. The Kier molecular flexibility index (Phi) is 5.38. The number of benzene rings is 3. The van der Waals surface area contributed by atoms with Crippen molar-refractivity contribution in [3.05, 3.63) is 72.8 Å². The predicted octanol–water partition coefficient (Wildman–Crippen LogP) is 6.18. The van der Waals surface area contributed by atoms with E-state index >= 15 is 0 Å². The summed E-state index contributed by atoms with van der Waals surface area (Å²) < 4.78 is 106. The minimum absolute atomic E-state index is 0.481. The SMILES string of the molecule is O=S(=O)([O-])C(F)(F)C(Oc1cccc(-[s+]2c3ccccc3c3ccccc32)c1)C(F)(F)F. The van der Waals surface area contributed by atoms with Crippen LogP contribution < -0.4 is 4.74 Å². The van der Waals surface area contributed by atoms with Crippen LogP contribution >= 0.6 is 10.5 Å². The molecule has 168 valence electrons. The molecule has 0 saturated heterocycles. The topological polar surface area (TPSA) is 66.4 Å². The van der Waals surface area contributed by atoms with Gasteiger partial charge in [0.25, 0.3) is 6.10 Å². The predicted molar refractivity (Wildman–Crippen MR) is 110 cm³/mol. The summed E-state index contributed by atoms with van der Waals surface area (Å²) >= 11 is 0. The first-order valence-electron chi connectivity index (χ1n) is 9.00. The Morgan fingerprint density at radius 1 is 0.812 bits per heavy atom. The van der Waals surface area contributed by atoms with Gasteiger partial charge < -0.3 is 9.29 Å². The Morgan fingerprint density at radius 3 is 1.84 bits per heavy atom. The molecule has 0 N–H and O–H groups in total. The van der Waals surface area contributed by atoms with Gasteiger partial charge in [-0.3, -0.25) is 0 Å². The van der Waals surface area contributed by atoms with E-state index in [9.17, 15) is 34.9 Å². The molecule has 0 bridgehead atoms. The summed E-state index contributed by atoms with van der Waals surface area (Å²) in [5, 5.41) is -3.83. The van der Waals surface area contributed by atoms with Gasteiger partial charge in [-0.1, -0.05) is 30.3 Å². The van der Waals surface area contributed by atoms with Crippen molar-refractivity contribution < 1.29 is 39.7 Å². The van der Waals surface area contributed by atoms with Crippen LogP contribution in [0, 0.1) is 0 Å². The number of ether oxygens (including phenoxy) is 1. The van der Waals surface area contributed by atoms with Gasteiger partial charge in [0.1, 0.15) is 5.75 Å². The number of hydrogen-bond donors (Lipinski definition) is 0. The van der Waals surface area contributed by atoms with Crippen LogP contribution in [-0.4, -0.2) is 30.5 Å². The van der Waals surface area contributed by atoms with Crippen molar-refractivity contribution in [3.63, 3.8) is 0 Å². The molecule has 0 aliphatic heterocycles. The molecule has 0 aliphatic rings. The van der Waals surface area contributed by atoms with Crippen molar-refractivity contribution in [2.24, 2.45) is 0 Å². The summed E-state index contributed by atoms with van der Waals surface area (Å²) in [6.07, 6.45) is -9.97. The smallest absolute Gasteiger partial charge is 0.432 e. The molecule has 3 aromatic carbocycles. The molecule has 1 atom stereocenters. The minimum Gasteiger partial charge on any atom is -0.743 e. The third-order valence-electron chi connectivity index (χ3n) is 4.74. The van der Waals surface area contributed by atoms with Crippen molar-refractivity contribution in [2.45, 2.75) is 17.5 Å². The van der Waals surface area contributed by atoms with Gasteiger partial charge in [0, 0.05) is 27.3 Å². The lowest BCUT2D eigenvalue weighted by molar-refractivity contribution is -0.239. The summed E-state index contributed by atoms with van der Waals surface area (Å²) in [6.45, 7) is 0. The van der Waals surface area contributed by atoms with E-state index in [2.05, 4.69) is 4.74 Å². The Bertz CT molecular complexity index is 1360. The lowest BCUT2D eigenvalue weighted by Crippen LogP contribution is -2.53. The number of rotatable bonds is 5. The fourth-order valence-electron chi connectivity index (χ4n) is 3.37. The monoisotopic (exact) mass is 488 g/mol. The summed E-state index contributed by atoms with van der Waals surface area (Å²) in [7, 11) is -7.39. The first-order valence-corrected chi connectivity index (χ1v) is 11.6. The van der Waals surface area contributed by atoms with Crippen LogP contribution in [0.3, 0.4) is 0 Å². The normalized spacial score (nSPS) is 14.1. The number of halogens is 5. The molecule has 4 aromatic rings. The molecule has 0 amide bonds. The van der Waals surface area contributed by atoms with Crippen LogP contribution in [0.2, 0.25) is 0 Å². The Balaban J connectivity index is 1.85. The van der Waals surface area contributed by atoms with E-state index in [1.54, 1.807) is 6.07 Å². The van der Waals surface area contributed by atoms with E-state index in [0.717, 1.165) is 32.3 Å². The second kappa shape index (κ2) is 7.68. The maximum atomic E-state index is 13.8. The molecule has 1 aromatic heterocycles. The van der Waals surface area contributed by atoms with Gasteiger partial charge in [-0.25, -0.2) is 8.42 Å². The van der Waals surface area contributed by atoms with Crippen molar-refractivity contribution in [3.8, 4) is 10.6 Å². The Labute approximate surface area is 181 Å². The molecule has 1 heterocycles. The zero-order chi connectivity index (χ0) is 23.3. The van der Waals surface area contributed by atoms with Gasteiger partial charge in [-0.05, 0) is 36.4 Å². The van der Waals surface area contributed by atoms with Crippen LogP contribution in [0.25, 0.3) is 25.1 Å². The summed E-state index contributed by atoms with van der Waals surface area (Å²) in [6, 6.07) is 19.9. The van der Waals surface area contributed by atoms with Crippen LogP contribution in [-0.2, 0) is 10.1 Å². The first-order chi connectivity index (χ1) is 14.9. The lowest BCUT2D eigenvalue weighted by atomic mass is 10.2. The molecule has 0 aliphatic carbocycles. The van der Waals surface area contributed by atoms with Gasteiger partial charge in [0.15, 0.2) is 24.4 Å². The molecule has 4 rings (SSSR count). The molecule has 11 heteroatoms. The van der Waals surface area contributed by atoms with Crippen molar-refractivity contribution in [2.75, 3.05) is 0 Å². The van der Waals surface area contributed by atoms with Gasteiger partial charge >= 0.3 is 11.4 Å². The average Bonchev–Trinajstić information content (AvgIpc) is 3.05. The lowest BCUT2D eigenvalue weighted by Gasteiger charge is -2.30. The summed E-state index contributed by atoms with van der Waals surface area (Å²) in [5.74, 6) is -0.637. The first kappa shape index (κ1) is 22.4. The van der Waals surface area contributed by atoms with E-state index in [-0.39, 0.29) is 0 Å². The van der Waals surface area contributed by atoms with E-state index < -0.39 is 43.9 Å². The maximum absolute atomic E-state index is 13.8. The number of fused-ring (bicyclic) bond motifs is 3. The van der Waals surface area contributed by atoms with E-state index in [4.69, 9.17) is 0 Å². The van der Waals surface area contributed by atoms with Crippen LogP contribution in [0.5, 0.6) is 5.75 Å². The molecule has 0 spiro atoms. The highest BCUT2D eigenvalue weighted by molar-refractivity contribution is 7.86. The molecule has 32 heavy (non-hydrogen) atoms. The van der Waals surface area contributed by atoms with Crippen LogP contribution in [0.4, 0.5) is 22.0 Å². The number of thiophene rings is 1. The van der Waals surface area contributed by atoms with Gasteiger partial charge in [0.2, 0.25) is 0 Å². The summed E-state index contributed by atoms with van der Waals surface area (Å²) in [5.41, 5.74) is 0. The van der Waals surface area contributed by atoms with Crippen molar-refractivity contribution in [1.29, 1.82) is 0 Å². The molecular weight excluding hydrogens is 475 g/mol. The number of alkyl halides is 5. The third kappa shape index (κ3) is 3.80. The van der Waals surface area contributed by atoms with Gasteiger partial charge in [0.05, 0.1) is 0 Å². The van der Waals surface area contributed by atoms with Gasteiger partial charge in [-0.2, -0.15) is 22.0 Å². The Morgan fingerprint density at radius 2 is 1.34 bits per heavy atom. The minimum atomic E-state index is -6.64. The molecule has 0 fully saturated rings. The highest BCUT2D eigenvalue weighted by Gasteiger charge is 2.62. The molecule has 0 radical (unpaired) electrons. The van der Waals surface area contributed by atoms with Crippen LogP contribution in [0.15, 0.2) is 72.8 Å². The van der Waals surface area contributed by atoms with Crippen LogP contribution in [0.1, 0.15) is 0 Å². The zero-order valence-corrected chi connectivity index (χ0v) is 17.5. The van der Waals surface area contributed by atoms with Gasteiger partial charge in [-0.15, -0.1) is 0 Å². The van der Waals surface area contributed by atoms with E-state index in [1.165, 1.54) is 6.07 Å². The average molecular weight is 488 g/mol. The largest absolute Gasteiger partial charge is 0.743 e. The fraction of sp³-hybridized carbons (Fsp3) is 0.143. The maximum Gasteiger partial charge on any atom is 0.432 e. The number of hydrogen-bond acceptors (Lipinski definition) is 4. The molecule has 1 unspecified atom stereocenters. The Hall–Kier alpha value is -2.76. The van der Waals surface area contributed by atoms with E-state index in [0.29, 0.717) is 4.90 Å². The van der Waals surface area contributed by atoms with Crippen molar-refractivity contribution in [1.82, 2.24) is 0 Å². The van der Waals surface area contributed by atoms with Crippen molar-refractivity contribution >= 4 is 40.8 Å². The molecule has 0 saturated carbocycles.